The fourth-order valence-electron chi connectivity index (χ4n) is 2.01. The zero-order valence-electron chi connectivity index (χ0n) is 10.5. The van der Waals surface area contributed by atoms with E-state index >= 15 is 0 Å². The first-order chi connectivity index (χ1) is 8.34. The van der Waals surface area contributed by atoms with E-state index in [4.69, 9.17) is 4.74 Å². The van der Waals surface area contributed by atoms with Crippen LogP contribution >= 0.6 is 0 Å². The van der Waals surface area contributed by atoms with E-state index in [1.165, 1.54) is 11.1 Å². The largest absolute Gasteiger partial charge is 0.379 e. The summed E-state index contributed by atoms with van der Waals surface area (Å²) >= 11 is 0. The molecule has 1 saturated heterocycles. The van der Waals surface area contributed by atoms with Gasteiger partial charge in [0.25, 0.3) is 0 Å². The lowest BCUT2D eigenvalue weighted by atomic mass is 10.2. The highest BCUT2D eigenvalue weighted by molar-refractivity contribution is 5.16. The maximum atomic E-state index is 5.32. The molecule has 1 aliphatic rings. The molecule has 2 rings (SSSR count). The standard InChI is InChI=1S/C13H21N3O/c1-12-8-13(11-15-9-12)10-14-2-3-16-4-6-17-7-5-16/h8-9,11,14H,2-7,10H2,1H3. The van der Waals surface area contributed by atoms with Gasteiger partial charge < -0.3 is 10.1 Å². The van der Waals surface area contributed by atoms with Crippen LogP contribution in [0.3, 0.4) is 0 Å². The van der Waals surface area contributed by atoms with Gasteiger partial charge in [0.2, 0.25) is 0 Å². The van der Waals surface area contributed by atoms with Crippen LogP contribution in [0.4, 0.5) is 0 Å². The monoisotopic (exact) mass is 235 g/mol. The van der Waals surface area contributed by atoms with E-state index in [9.17, 15) is 0 Å². The second-order valence-electron chi connectivity index (χ2n) is 4.50. The molecule has 0 spiro atoms. The molecule has 0 bridgehead atoms. The Hall–Kier alpha value is -0.970. The molecular weight excluding hydrogens is 214 g/mol. The third kappa shape index (κ3) is 4.42. The van der Waals surface area contributed by atoms with E-state index in [-0.39, 0.29) is 0 Å². The molecule has 0 aromatic carbocycles. The number of rotatable bonds is 5. The molecule has 1 aromatic heterocycles. The number of morpholine rings is 1. The molecule has 17 heavy (non-hydrogen) atoms. The summed E-state index contributed by atoms with van der Waals surface area (Å²) in [7, 11) is 0. The Morgan fingerprint density at radius 2 is 2.18 bits per heavy atom. The molecule has 0 unspecified atom stereocenters. The molecule has 0 radical (unpaired) electrons. The van der Waals surface area contributed by atoms with Crippen LogP contribution in [-0.4, -0.2) is 49.3 Å². The van der Waals surface area contributed by atoms with Gasteiger partial charge in [0.15, 0.2) is 0 Å². The lowest BCUT2D eigenvalue weighted by Crippen LogP contribution is -2.40. The lowest BCUT2D eigenvalue weighted by molar-refractivity contribution is 0.0384. The van der Waals surface area contributed by atoms with Gasteiger partial charge in [-0.1, -0.05) is 6.07 Å². The van der Waals surface area contributed by atoms with Crippen molar-refractivity contribution in [3.05, 3.63) is 29.6 Å². The lowest BCUT2D eigenvalue weighted by Gasteiger charge is -2.26. The highest BCUT2D eigenvalue weighted by Gasteiger charge is 2.08. The smallest absolute Gasteiger partial charge is 0.0594 e. The molecule has 2 heterocycles. The summed E-state index contributed by atoms with van der Waals surface area (Å²) in [5.41, 5.74) is 2.48. The van der Waals surface area contributed by atoms with Gasteiger partial charge in [-0.15, -0.1) is 0 Å². The number of ether oxygens (including phenoxy) is 1. The third-order valence-corrected chi connectivity index (χ3v) is 2.97. The number of nitrogens with one attached hydrogen (secondary N) is 1. The molecule has 1 aromatic rings. The Morgan fingerprint density at radius 1 is 1.35 bits per heavy atom. The van der Waals surface area contributed by atoms with Gasteiger partial charge >= 0.3 is 0 Å². The Morgan fingerprint density at radius 3 is 2.94 bits per heavy atom. The summed E-state index contributed by atoms with van der Waals surface area (Å²) in [6.45, 7) is 8.98. The van der Waals surface area contributed by atoms with E-state index in [0.717, 1.165) is 45.9 Å². The van der Waals surface area contributed by atoms with Crippen LogP contribution in [-0.2, 0) is 11.3 Å². The number of hydrogen-bond acceptors (Lipinski definition) is 4. The summed E-state index contributed by atoms with van der Waals surface area (Å²) in [6, 6.07) is 2.18. The Labute approximate surface area is 103 Å². The molecule has 4 heteroatoms. The third-order valence-electron chi connectivity index (χ3n) is 2.97. The highest BCUT2D eigenvalue weighted by atomic mass is 16.5. The van der Waals surface area contributed by atoms with Crippen LogP contribution in [0.25, 0.3) is 0 Å². The van der Waals surface area contributed by atoms with E-state index in [1.54, 1.807) is 0 Å². The Kier molecular flexibility index (Phi) is 4.91. The summed E-state index contributed by atoms with van der Waals surface area (Å²) in [6.07, 6.45) is 3.81. The second-order valence-corrected chi connectivity index (χ2v) is 4.50. The predicted octanol–water partition coefficient (Wildman–Crippen LogP) is 0.812. The molecule has 0 amide bonds. The van der Waals surface area contributed by atoms with E-state index < -0.39 is 0 Å². The van der Waals surface area contributed by atoms with E-state index in [1.807, 2.05) is 12.4 Å². The Balaban J connectivity index is 1.62. The van der Waals surface area contributed by atoms with Crippen LogP contribution < -0.4 is 5.32 Å². The molecule has 1 aliphatic heterocycles. The first-order valence-electron chi connectivity index (χ1n) is 6.26. The number of hydrogen-bond donors (Lipinski definition) is 1. The average molecular weight is 235 g/mol. The second kappa shape index (κ2) is 6.69. The molecule has 1 fully saturated rings. The summed E-state index contributed by atoms with van der Waals surface area (Å²) in [4.78, 5) is 6.62. The summed E-state index contributed by atoms with van der Waals surface area (Å²) in [5, 5.41) is 3.45. The van der Waals surface area contributed by atoms with E-state index in [0.29, 0.717) is 0 Å². The summed E-state index contributed by atoms with van der Waals surface area (Å²) in [5.74, 6) is 0. The normalized spacial score (nSPS) is 17.2. The zero-order chi connectivity index (χ0) is 11.9. The maximum Gasteiger partial charge on any atom is 0.0594 e. The van der Waals surface area contributed by atoms with Crippen molar-refractivity contribution in [2.45, 2.75) is 13.5 Å². The number of pyridine rings is 1. The van der Waals surface area contributed by atoms with Crippen molar-refractivity contribution in [3.63, 3.8) is 0 Å². The molecule has 94 valence electrons. The van der Waals surface area contributed by atoms with Gasteiger partial charge in [-0.05, 0) is 18.1 Å². The van der Waals surface area contributed by atoms with Gasteiger partial charge in [-0.2, -0.15) is 0 Å². The van der Waals surface area contributed by atoms with Gasteiger partial charge in [-0.3, -0.25) is 9.88 Å². The molecule has 4 nitrogen and oxygen atoms in total. The number of aryl methyl sites for hydroxylation is 1. The zero-order valence-corrected chi connectivity index (χ0v) is 10.5. The van der Waals surface area contributed by atoms with Gasteiger partial charge in [0.05, 0.1) is 13.2 Å². The summed E-state index contributed by atoms with van der Waals surface area (Å²) < 4.78 is 5.32. The Bertz CT molecular complexity index is 337. The quantitative estimate of drug-likeness (QED) is 0.767. The maximum absolute atomic E-state index is 5.32. The molecule has 0 atom stereocenters. The van der Waals surface area contributed by atoms with Crippen LogP contribution in [0.5, 0.6) is 0 Å². The van der Waals surface area contributed by atoms with Gasteiger partial charge in [0.1, 0.15) is 0 Å². The van der Waals surface area contributed by atoms with Crippen molar-refractivity contribution in [2.75, 3.05) is 39.4 Å². The average Bonchev–Trinajstić information content (AvgIpc) is 2.36. The topological polar surface area (TPSA) is 37.4 Å². The number of aromatic nitrogens is 1. The van der Waals surface area contributed by atoms with Crippen LogP contribution in [0.15, 0.2) is 18.5 Å². The minimum absolute atomic E-state index is 0.877. The van der Waals surface area contributed by atoms with Gasteiger partial charge in [-0.25, -0.2) is 0 Å². The molecule has 0 saturated carbocycles. The first kappa shape index (κ1) is 12.5. The first-order valence-corrected chi connectivity index (χ1v) is 6.26. The van der Waals surface area contributed by atoms with E-state index in [2.05, 4.69) is 28.2 Å². The fraction of sp³-hybridized carbons (Fsp3) is 0.615. The SMILES string of the molecule is Cc1cncc(CNCCN2CCOCC2)c1. The van der Waals surface area contributed by atoms with Crippen LogP contribution in [0.2, 0.25) is 0 Å². The van der Waals surface area contributed by atoms with Crippen LogP contribution in [0.1, 0.15) is 11.1 Å². The van der Waals surface area contributed by atoms with Crippen molar-refractivity contribution in [3.8, 4) is 0 Å². The highest BCUT2D eigenvalue weighted by Crippen LogP contribution is 2.00. The molecular formula is C13H21N3O. The van der Waals surface area contributed by atoms with Gasteiger partial charge in [0, 0.05) is 45.1 Å². The minimum Gasteiger partial charge on any atom is -0.379 e. The number of nitrogens with zero attached hydrogens (tertiary/aromatic N) is 2. The molecule has 0 aliphatic carbocycles. The van der Waals surface area contributed by atoms with Crippen molar-refractivity contribution in [1.82, 2.24) is 15.2 Å². The van der Waals surface area contributed by atoms with Crippen molar-refractivity contribution in [2.24, 2.45) is 0 Å². The van der Waals surface area contributed by atoms with Crippen molar-refractivity contribution < 1.29 is 4.74 Å². The molecule has 1 N–H and O–H groups in total. The van der Waals surface area contributed by atoms with Crippen molar-refractivity contribution >= 4 is 0 Å². The minimum atomic E-state index is 0.877. The predicted molar refractivity (Wildman–Crippen MR) is 67.9 cm³/mol. The van der Waals surface area contributed by atoms with Crippen LogP contribution in [0, 0.1) is 6.92 Å². The van der Waals surface area contributed by atoms with Crippen molar-refractivity contribution in [1.29, 1.82) is 0 Å². The fourth-order valence-corrected chi connectivity index (χ4v) is 2.01.